The van der Waals surface area contributed by atoms with Gasteiger partial charge in [0.2, 0.25) is 0 Å². The van der Waals surface area contributed by atoms with Gasteiger partial charge in [0.15, 0.2) is 5.13 Å². The normalized spacial score (nSPS) is 23.2. The number of carbonyl (C=O) groups is 1. The van der Waals surface area contributed by atoms with Gasteiger partial charge >= 0.3 is 6.03 Å². The van der Waals surface area contributed by atoms with Gasteiger partial charge in [0, 0.05) is 18.4 Å². The van der Waals surface area contributed by atoms with Crippen LogP contribution >= 0.6 is 11.3 Å². The van der Waals surface area contributed by atoms with E-state index in [1.807, 2.05) is 23.6 Å². The molecule has 2 amide bonds. The SMILES string of the molecule is O=C(Nc1nc(Cc2ccccc2)cs1)N[C@@H]1CCO[C@H]1C1CC1. The molecule has 6 heteroatoms. The van der Waals surface area contributed by atoms with Gasteiger partial charge in [-0.05, 0) is 30.7 Å². The van der Waals surface area contributed by atoms with Crippen molar-refractivity contribution in [1.29, 1.82) is 0 Å². The number of nitrogens with zero attached hydrogens (tertiary/aromatic N) is 1. The number of hydrogen-bond acceptors (Lipinski definition) is 4. The Morgan fingerprint density at radius 1 is 1.25 bits per heavy atom. The van der Waals surface area contributed by atoms with Gasteiger partial charge in [-0.2, -0.15) is 0 Å². The van der Waals surface area contributed by atoms with Crippen molar-refractivity contribution in [3.63, 3.8) is 0 Å². The van der Waals surface area contributed by atoms with Gasteiger partial charge < -0.3 is 10.1 Å². The second-order valence-electron chi connectivity index (χ2n) is 6.47. The van der Waals surface area contributed by atoms with Gasteiger partial charge in [-0.25, -0.2) is 9.78 Å². The van der Waals surface area contributed by atoms with Crippen LogP contribution in [-0.2, 0) is 11.2 Å². The molecule has 2 heterocycles. The van der Waals surface area contributed by atoms with Crippen LogP contribution in [0.4, 0.5) is 9.93 Å². The van der Waals surface area contributed by atoms with E-state index < -0.39 is 0 Å². The number of aromatic nitrogens is 1. The van der Waals surface area contributed by atoms with Gasteiger partial charge in [-0.15, -0.1) is 11.3 Å². The fourth-order valence-electron chi connectivity index (χ4n) is 3.21. The highest BCUT2D eigenvalue weighted by Crippen LogP contribution is 2.38. The van der Waals surface area contributed by atoms with Crippen molar-refractivity contribution < 1.29 is 9.53 Å². The van der Waals surface area contributed by atoms with Crippen LogP contribution < -0.4 is 10.6 Å². The first-order valence-corrected chi connectivity index (χ1v) is 9.33. The first-order chi connectivity index (χ1) is 11.8. The summed E-state index contributed by atoms with van der Waals surface area (Å²) in [6, 6.07) is 10.2. The summed E-state index contributed by atoms with van der Waals surface area (Å²) in [5, 5.41) is 8.54. The summed E-state index contributed by atoms with van der Waals surface area (Å²) in [5.74, 6) is 0.634. The number of benzene rings is 1. The molecular formula is C18H21N3O2S. The summed E-state index contributed by atoms with van der Waals surface area (Å²) < 4.78 is 5.76. The van der Waals surface area contributed by atoms with E-state index in [1.165, 1.54) is 29.7 Å². The predicted molar refractivity (Wildman–Crippen MR) is 94.4 cm³/mol. The maximum atomic E-state index is 12.2. The van der Waals surface area contributed by atoms with Gasteiger partial charge in [0.1, 0.15) is 0 Å². The predicted octanol–water partition coefficient (Wildman–Crippen LogP) is 3.42. The van der Waals surface area contributed by atoms with E-state index in [-0.39, 0.29) is 18.2 Å². The molecule has 2 N–H and O–H groups in total. The van der Waals surface area contributed by atoms with Crippen LogP contribution in [0.2, 0.25) is 0 Å². The Morgan fingerprint density at radius 2 is 2.08 bits per heavy atom. The van der Waals surface area contributed by atoms with Gasteiger partial charge in [-0.1, -0.05) is 30.3 Å². The Balaban J connectivity index is 1.31. The number of rotatable bonds is 5. The molecule has 5 nitrogen and oxygen atoms in total. The molecule has 2 atom stereocenters. The maximum Gasteiger partial charge on any atom is 0.321 e. The topological polar surface area (TPSA) is 63.2 Å². The van der Waals surface area contributed by atoms with Crippen molar-refractivity contribution >= 4 is 22.5 Å². The molecule has 2 aliphatic rings. The Morgan fingerprint density at radius 3 is 2.88 bits per heavy atom. The number of thiazole rings is 1. The molecule has 126 valence electrons. The molecule has 1 aliphatic carbocycles. The Hall–Kier alpha value is -1.92. The van der Waals surface area contributed by atoms with E-state index in [0.29, 0.717) is 11.0 Å². The summed E-state index contributed by atoms with van der Waals surface area (Å²) in [7, 11) is 0. The van der Waals surface area contributed by atoms with Crippen molar-refractivity contribution in [2.45, 2.75) is 37.8 Å². The van der Waals surface area contributed by atoms with Crippen molar-refractivity contribution in [3.05, 3.63) is 47.0 Å². The van der Waals surface area contributed by atoms with Crippen LogP contribution in [0.3, 0.4) is 0 Å². The summed E-state index contributed by atoms with van der Waals surface area (Å²) in [4.78, 5) is 16.7. The highest BCUT2D eigenvalue weighted by molar-refractivity contribution is 7.13. The lowest BCUT2D eigenvalue weighted by molar-refractivity contribution is 0.0829. The highest BCUT2D eigenvalue weighted by Gasteiger charge is 2.41. The molecule has 2 aromatic rings. The molecule has 1 aromatic heterocycles. The Labute approximate surface area is 145 Å². The molecule has 1 saturated heterocycles. The molecule has 1 saturated carbocycles. The van der Waals surface area contributed by atoms with E-state index in [1.54, 1.807) is 0 Å². The third-order valence-electron chi connectivity index (χ3n) is 4.54. The summed E-state index contributed by atoms with van der Waals surface area (Å²) in [6.45, 7) is 0.741. The number of carbonyl (C=O) groups excluding carboxylic acids is 1. The minimum absolute atomic E-state index is 0.126. The monoisotopic (exact) mass is 343 g/mol. The molecule has 1 aromatic carbocycles. The second kappa shape index (κ2) is 6.91. The quantitative estimate of drug-likeness (QED) is 0.874. The molecule has 24 heavy (non-hydrogen) atoms. The van der Waals surface area contributed by atoms with E-state index in [9.17, 15) is 4.79 Å². The van der Waals surface area contributed by atoms with Crippen LogP contribution in [-0.4, -0.2) is 29.8 Å². The largest absolute Gasteiger partial charge is 0.376 e. The number of urea groups is 1. The summed E-state index contributed by atoms with van der Waals surface area (Å²) in [6.07, 6.45) is 4.31. The van der Waals surface area contributed by atoms with E-state index >= 15 is 0 Å². The van der Waals surface area contributed by atoms with Crippen LogP contribution in [0.1, 0.15) is 30.5 Å². The Bertz CT molecular complexity index is 699. The van der Waals surface area contributed by atoms with E-state index in [0.717, 1.165) is 25.1 Å². The van der Waals surface area contributed by atoms with Crippen molar-refractivity contribution in [2.24, 2.45) is 5.92 Å². The first kappa shape index (κ1) is 15.6. The fourth-order valence-corrected chi connectivity index (χ4v) is 3.91. The standard InChI is InChI=1S/C18H21N3O2S/c22-17(20-15-8-9-23-16(15)13-6-7-13)21-18-19-14(11-24-18)10-12-4-2-1-3-5-12/h1-5,11,13,15-16H,6-10H2,(H2,19,20,21,22)/t15-,16+/m1/s1. The lowest BCUT2D eigenvalue weighted by Crippen LogP contribution is -2.43. The average Bonchev–Trinajstić information content (AvgIpc) is 3.17. The molecular weight excluding hydrogens is 322 g/mol. The molecule has 0 unspecified atom stereocenters. The molecule has 1 aliphatic heterocycles. The molecule has 2 fully saturated rings. The van der Waals surface area contributed by atoms with E-state index in [4.69, 9.17) is 4.74 Å². The molecule has 0 bridgehead atoms. The first-order valence-electron chi connectivity index (χ1n) is 8.45. The van der Waals surface area contributed by atoms with Gasteiger partial charge in [0.05, 0.1) is 17.8 Å². The van der Waals surface area contributed by atoms with Crippen molar-refractivity contribution in [3.8, 4) is 0 Å². The van der Waals surface area contributed by atoms with Crippen LogP contribution in [0, 0.1) is 5.92 Å². The lowest BCUT2D eigenvalue weighted by atomic mass is 10.1. The third-order valence-corrected chi connectivity index (χ3v) is 5.35. The van der Waals surface area contributed by atoms with Crippen LogP contribution in [0.25, 0.3) is 0 Å². The zero-order valence-electron chi connectivity index (χ0n) is 13.4. The average molecular weight is 343 g/mol. The second-order valence-corrected chi connectivity index (χ2v) is 7.33. The number of ether oxygens (including phenoxy) is 1. The molecule has 0 spiro atoms. The fraction of sp³-hybridized carbons (Fsp3) is 0.444. The number of nitrogens with one attached hydrogen (secondary N) is 2. The highest BCUT2D eigenvalue weighted by atomic mass is 32.1. The molecule has 0 radical (unpaired) electrons. The number of amides is 2. The number of hydrogen-bond donors (Lipinski definition) is 2. The van der Waals surface area contributed by atoms with E-state index in [2.05, 4.69) is 27.8 Å². The van der Waals surface area contributed by atoms with Gasteiger partial charge in [-0.3, -0.25) is 5.32 Å². The zero-order valence-corrected chi connectivity index (χ0v) is 14.2. The number of anilines is 1. The Kier molecular flexibility index (Phi) is 4.49. The van der Waals surface area contributed by atoms with Crippen LogP contribution in [0.15, 0.2) is 35.7 Å². The summed E-state index contributed by atoms with van der Waals surface area (Å²) in [5.41, 5.74) is 2.19. The molecule has 4 rings (SSSR count). The smallest absolute Gasteiger partial charge is 0.321 e. The van der Waals surface area contributed by atoms with Crippen LogP contribution in [0.5, 0.6) is 0 Å². The van der Waals surface area contributed by atoms with Gasteiger partial charge in [0.25, 0.3) is 0 Å². The minimum Gasteiger partial charge on any atom is -0.376 e. The third kappa shape index (κ3) is 3.76. The lowest BCUT2D eigenvalue weighted by Gasteiger charge is -2.19. The zero-order chi connectivity index (χ0) is 16.4. The van der Waals surface area contributed by atoms with Crippen molar-refractivity contribution in [2.75, 3.05) is 11.9 Å². The maximum absolute atomic E-state index is 12.2. The minimum atomic E-state index is -0.184. The summed E-state index contributed by atoms with van der Waals surface area (Å²) >= 11 is 1.46. The van der Waals surface area contributed by atoms with Crippen molar-refractivity contribution in [1.82, 2.24) is 10.3 Å².